The number of pyridine rings is 1. The minimum absolute atomic E-state index is 0.228. The monoisotopic (exact) mass is 536 g/mol. The van der Waals surface area contributed by atoms with Crippen LogP contribution in [-0.2, 0) is 14.3 Å². The molecule has 6 nitrogen and oxygen atoms in total. The lowest BCUT2D eigenvalue weighted by Crippen LogP contribution is -2.34. The van der Waals surface area contributed by atoms with Crippen LogP contribution in [0, 0.1) is 0 Å². The molecule has 34 heavy (non-hydrogen) atoms. The number of esters is 2. The molecule has 0 aliphatic carbocycles. The predicted molar refractivity (Wildman–Crippen MR) is 144 cm³/mol. The summed E-state index contributed by atoms with van der Waals surface area (Å²) in [5, 5.41) is 0. The molecule has 2 rings (SSSR count). The van der Waals surface area contributed by atoms with Gasteiger partial charge in [0.15, 0.2) is 5.69 Å². The first-order valence-corrected chi connectivity index (χ1v) is 12.6. The largest absolute Gasteiger partial charge is 0.465 e. The Hall–Kier alpha value is -2.41. The van der Waals surface area contributed by atoms with Crippen LogP contribution < -0.4 is 4.90 Å². The second-order valence-corrected chi connectivity index (χ2v) is 8.73. The molecule has 0 spiro atoms. The van der Waals surface area contributed by atoms with Crippen molar-refractivity contribution in [2.75, 3.05) is 25.1 Å². The first kappa shape index (κ1) is 31.6. The number of halogens is 1. The molecule has 1 aliphatic heterocycles. The first-order valence-electron chi connectivity index (χ1n) is 11.9. The SMILES string of the molecule is CC.CC.C\C=C/C(C(=O)OC)=C1/CN(c2ccc(Br)c(C(=O)OC(C)(C)C)n2)CC/C1=C/C. The van der Waals surface area contributed by atoms with E-state index in [1.807, 2.05) is 80.5 Å². The molecule has 1 saturated heterocycles. The highest BCUT2D eigenvalue weighted by Crippen LogP contribution is 2.30. The third-order valence-corrected chi connectivity index (χ3v) is 5.19. The van der Waals surface area contributed by atoms with Crippen LogP contribution in [0.5, 0.6) is 0 Å². The van der Waals surface area contributed by atoms with Crippen molar-refractivity contribution in [3.63, 3.8) is 0 Å². The van der Waals surface area contributed by atoms with Crippen molar-refractivity contribution < 1.29 is 19.1 Å². The molecule has 0 N–H and O–H groups in total. The van der Waals surface area contributed by atoms with Crippen molar-refractivity contribution in [3.05, 3.63) is 57.2 Å². The second-order valence-electron chi connectivity index (χ2n) is 7.87. The molecule has 1 aliphatic rings. The maximum atomic E-state index is 12.6. The Kier molecular flexibility index (Phi) is 14.4. The van der Waals surface area contributed by atoms with Crippen LogP contribution >= 0.6 is 15.9 Å². The van der Waals surface area contributed by atoms with Gasteiger partial charge in [-0.3, -0.25) is 0 Å². The maximum Gasteiger partial charge on any atom is 0.358 e. The fraction of sp³-hybridized carbons (Fsp3) is 0.519. The Morgan fingerprint density at radius 2 is 1.74 bits per heavy atom. The highest BCUT2D eigenvalue weighted by molar-refractivity contribution is 9.10. The van der Waals surface area contributed by atoms with Crippen molar-refractivity contribution in [2.45, 2.75) is 74.3 Å². The molecule has 0 atom stereocenters. The van der Waals surface area contributed by atoms with E-state index in [1.165, 1.54) is 7.11 Å². The molecule has 0 unspecified atom stereocenters. The van der Waals surface area contributed by atoms with Gasteiger partial charge in [0.25, 0.3) is 0 Å². The third-order valence-electron chi connectivity index (χ3n) is 4.55. The average molecular weight is 538 g/mol. The molecule has 1 aromatic rings. The van der Waals surface area contributed by atoms with Crippen LogP contribution in [0.15, 0.2) is 51.6 Å². The Balaban J connectivity index is 0.00000258. The Labute approximate surface area is 214 Å². The zero-order valence-electron chi connectivity index (χ0n) is 22.4. The third kappa shape index (κ3) is 9.09. The summed E-state index contributed by atoms with van der Waals surface area (Å²) in [6, 6.07) is 3.65. The van der Waals surface area contributed by atoms with Crippen molar-refractivity contribution in [3.8, 4) is 0 Å². The van der Waals surface area contributed by atoms with Crippen LogP contribution in [0.2, 0.25) is 0 Å². The molecule has 190 valence electrons. The van der Waals surface area contributed by atoms with E-state index in [4.69, 9.17) is 9.47 Å². The van der Waals surface area contributed by atoms with Crippen LogP contribution in [0.1, 0.15) is 79.2 Å². The van der Waals surface area contributed by atoms with Gasteiger partial charge in [0.05, 0.1) is 17.2 Å². The number of allylic oxidation sites excluding steroid dienone is 2. The van der Waals surface area contributed by atoms with Gasteiger partial charge in [-0.25, -0.2) is 14.6 Å². The lowest BCUT2D eigenvalue weighted by molar-refractivity contribution is -0.135. The van der Waals surface area contributed by atoms with Gasteiger partial charge in [-0.05, 0) is 80.2 Å². The van der Waals surface area contributed by atoms with Crippen LogP contribution in [-0.4, -0.2) is 42.7 Å². The molecule has 0 saturated carbocycles. The van der Waals surface area contributed by atoms with Crippen molar-refractivity contribution in [2.24, 2.45) is 0 Å². The highest BCUT2D eigenvalue weighted by atomic mass is 79.9. The summed E-state index contributed by atoms with van der Waals surface area (Å²) < 4.78 is 11.0. The van der Waals surface area contributed by atoms with Gasteiger partial charge in [0.2, 0.25) is 0 Å². The van der Waals surface area contributed by atoms with Crippen molar-refractivity contribution in [1.82, 2.24) is 4.98 Å². The number of methoxy groups -OCH3 is 1. The molecular formula is C27H41BrN2O4. The van der Waals surface area contributed by atoms with E-state index >= 15 is 0 Å². The Bertz CT molecular complexity index is 912. The van der Waals surface area contributed by atoms with Gasteiger partial charge < -0.3 is 14.4 Å². The Morgan fingerprint density at radius 1 is 1.12 bits per heavy atom. The summed E-state index contributed by atoms with van der Waals surface area (Å²) in [4.78, 5) is 31.6. The maximum absolute atomic E-state index is 12.6. The average Bonchev–Trinajstić information content (AvgIpc) is 2.83. The molecule has 1 fully saturated rings. The predicted octanol–water partition coefficient (Wildman–Crippen LogP) is 7.05. The summed E-state index contributed by atoms with van der Waals surface area (Å²) in [5.74, 6) is -0.207. The van der Waals surface area contributed by atoms with Crippen molar-refractivity contribution >= 4 is 33.7 Å². The van der Waals surface area contributed by atoms with E-state index in [0.29, 0.717) is 22.4 Å². The first-order chi connectivity index (χ1) is 16.1. The van der Waals surface area contributed by atoms with Gasteiger partial charge in [-0.15, -0.1) is 0 Å². The summed E-state index contributed by atoms with van der Waals surface area (Å²) in [6.45, 7) is 18.5. The topological polar surface area (TPSA) is 68.7 Å². The summed E-state index contributed by atoms with van der Waals surface area (Å²) in [7, 11) is 1.38. The minimum atomic E-state index is -0.613. The fourth-order valence-electron chi connectivity index (χ4n) is 3.20. The van der Waals surface area contributed by atoms with E-state index in [-0.39, 0.29) is 11.7 Å². The standard InChI is InChI=1S/C23H29BrN2O4.2C2H6/c1-7-9-16(21(27)29-6)17-14-26(13-12-15(17)8-2)19-11-10-18(24)20(25-19)22(28)30-23(3,4)5;2*1-2/h7-11H,12-14H2,1-6H3;2*1-2H3/b9-7-,15-8-,17-16+;;. The number of nitrogens with zero attached hydrogens (tertiary/aromatic N) is 2. The van der Waals surface area contributed by atoms with Crippen LogP contribution in [0.4, 0.5) is 5.82 Å². The summed E-state index contributed by atoms with van der Waals surface area (Å²) in [5.41, 5.74) is 2.15. The summed E-state index contributed by atoms with van der Waals surface area (Å²) in [6.07, 6.45) is 6.38. The number of rotatable bonds is 4. The molecule has 7 heteroatoms. The zero-order valence-corrected chi connectivity index (χ0v) is 24.0. The number of carbonyl (C=O) groups excluding carboxylic acids is 2. The number of aromatic nitrogens is 1. The van der Waals surface area contributed by atoms with Gasteiger partial charge in [0, 0.05) is 13.1 Å². The number of ether oxygens (including phenoxy) is 2. The van der Waals surface area contributed by atoms with E-state index in [0.717, 1.165) is 24.1 Å². The molecule has 2 heterocycles. The van der Waals surface area contributed by atoms with Gasteiger partial charge in [-0.2, -0.15) is 0 Å². The molecule has 1 aromatic heterocycles. The van der Waals surface area contributed by atoms with E-state index < -0.39 is 11.6 Å². The number of anilines is 1. The highest BCUT2D eigenvalue weighted by Gasteiger charge is 2.27. The van der Waals surface area contributed by atoms with Crippen LogP contribution in [0.25, 0.3) is 0 Å². The lowest BCUT2D eigenvalue weighted by Gasteiger charge is -2.32. The zero-order chi connectivity index (χ0) is 26.5. The van der Waals surface area contributed by atoms with Crippen molar-refractivity contribution in [1.29, 1.82) is 0 Å². The number of hydrogen-bond donors (Lipinski definition) is 0. The number of hydrogen-bond acceptors (Lipinski definition) is 6. The van der Waals surface area contributed by atoms with Gasteiger partial charge in [0.1, 0.15) is 11.4 Å². The second kappa shape index (κ2) is 15.5. The van der Waals surface area contributed by atoms with Gasteiger partial charge in [-0.1, -0.05) is 45.9 Å². The molecule has 0 radical (unpaired) electrons. The smallest absolute Gasteiger partial charge is 0.358 e. The quantitative estimate of drug-likeness (QED) is 0.303. The number of carbonyl (C=O) groups is 2. The summed E-state index contributed by atoms with van der Waals surface area (Å²) >= 11 is 3.40. The van der Waals surface area contributed by atoms with Gasteiger partial charge >= 0.3 is 11.9 Å². The van der Waals surface area contributed by atoms with E-state index in [2.05, 4.69) is 25.8 Å². The molecule has 0 aromatic carbocycles. The normalized spacial score (nSPS) is 16.2. The lowest BCUT2D eigenvalue weighted by atomic mass is 9.92. The molecule has 0 bridgehead atoms. The number of piperidine rings is 1. The van der Waals surface area contributed by atoms with E-state index in [1.54, 1.807) is 12.1 Å². The molecular weight excluding hydrogens is 496 g/mol. The fourth-order valence-corrected chi connectivity index (χ4v) is 3.58. The Morgan fingerprint density at radius 3 is 2.24 bits per heavy atom. The minimum Gasteiger partial charge on any atom is -0.465 e. The van der Waals surface area contributed by atoms with E-state index in [9.17, 15) is 9.59 Å². The van der Waals surface area contributed by atoms with Crippen LogP contribution in [0.3, 0.4) is 0 Å². The molecule has 0 amide bonds.